The SMILES string of the molecule is [C-]#[N+]C[C@H]1O[C@@H]2SC(N(C)C)=N[C@@H]2[C@@H](OCc2ccccc2)[C@@H]1C. The van der Waals surface area contributed by atoms with E-state index in [0.29, 0.717) is 13.2 Å². The summed E-state index contributed by atoms with van der Waals surface area (Å²) in [5, 5.41) is 0.967. The molecule has 0 N–H and O–H groups in total. The van der Waals surface area contributed by atoms with Gasteiger partial charge < -0.3 is 19.2 Å². The zero-order valence-corrected chi connectivity index (χ0v) is 15.1. The molecule has 2 heterocycles. The van der Waals surface area contributed by atoms with Crippen LogP contribution in [0.2, 0.25) is 0 Å². The lowest BCUT2D eigenvalue weighted by Gasteiger charge is -2.39. The van der Waals surface area contributed by atoms with Gasteiger partial charge in [0.25, 0.3) is 0 Å². The fourth-order valence-corrected chi connectivity index (χ4v) is 4.24. The summed E-state index contributed by atoms with van der Waals surface area (Å²) in [7, 11) is 3.98. The first-order chi connectivity index (χ1) is 11.6. The van der Waals surface area contributed by atoms with Crippen molar-refractivity contribution in [3.05, 3.63) is 47.3 Å². The van der Waals surface area contributed by atoms with Gasteiger partial charge in [-0.15, -0.1) is 0 Å². The van der Waals surface area contributed by atoms with Crippen LogP contribution < -0.4 is 0 Å². The van der Waals surface area contributed by atoms with Gasteiger partial charge in [-0.25, -0.2) is 6.57 Å². The third-order valence-electron chi connectivity index (χ3n) is 4.45. The number of rotatable bonds is 4. The second-order valence-electron chi connectivity index (χ2n) is 6.42. The minimum Gasteiger partial charge on any atom is -0.371 e. The molecule has 5 nitrogen and oxygen atoms in total. The molecule has 5 atom stereocenters. The molecule has 1 fully saturated rings. The van der Waals surface area contributed by atoms with E-state index in [4.69, 9.17) is 21.0 Å². The Balaban J connectivity index is 1.77. The van der Waals surface area contributed by atoms with Crippen LogP contribution in [0.15, 0.2) is 35.3 Å². The second kappa shape index (κ2) is 7.56. The van der Waals surface area contributed by atoms with Gasteiger partial charge in [0.05, 0.1) is 12.7 Å². The average Bonchev–Trinajstić information content (AvgIpc) is 3.00. The van der Waals surface area contributed by atoms with Crippen molar-refractivity contribution < 1.29 is 9.47 Å². The second-order valence-corrected chi connectivity index (χ2v) is 7.48. The predicted molar refractivity (Wildman–Crippen MR) is 96.8 cm³/mol. The Morgan fingerprint density at radius 1 is 1.33 bits per heavy atom. The number of thioether (sulfide) groups is 1. The fraction of sp³-hybridized carbons (Fsp3) is 0.556. The van der Waals surface area contributed by atoms with Crippen molar-refractivity contribution in [3.63, 3.8) is 0 Å². The molecule has 0 spiro atoms. The molecular weight excluding hydrogens is 322 g/mol. The lowest BCUT2D eigenvalue weighted by molar-refractivity contribution is -0.131. The molecule has 24 heavy (non-hydrogen) atoms. The van der Waals surface area contributed by atoms with Crippen molar-refractivity contribution in [3.8, 4) is 0 Å². The molecule has 0 unspecified atom stereocenters. The van der Waals surface area contributed by atoms with E-state index in [1.165, 1.54) is 0 Å². The number of aliphatic imine (C=N–C) groups is 1. The molecule has 1 saturated heterocycles. The molecule has 0 bridgehead atoms. The van der Waals surface area contributed by atoms with Gasteiger partial charge in [-0.1, -0.05) is 49.0 Å². The first-order valence-corrected chi connectivity index (χ1v) is 9.04. The van der Waals surface area contributed by atoms with Crippen molar-refractivity contribution in [2.45, 2.75) is 37.2 Å². The number of hydrogen-bond donors (Lipinski definition) is 0. The summed E-state index contributed by atoms with van der Waals surface area (Å²) in [5.41, 5.74) is 1.09. The largest absolute Gasteiger partial charge is 0.371 e. The van der Waals surface area contributed by atoms with Gasteiger partial charge in [0.15, 0.2) is 5.17 Å². The van der Waals surface area contributed by atoms with Gasteiger partial charge in [0.1, 0.15) is 17.6 Å². The zero-order chi connectivity index (χ0) is 17.1. The topological polar surface area (TPSA) is 38.4 Å². The third-order valence-corrected chi connectivity index (χ3v) is 5.75. The first-order valence-electron chi connectivity index (χ1n) is 8.16. The van der Waals surface area contributed by atoms with E-state index in [9.17, 15) is 0 Å². The Morgan fingerprint density at radius 3 is 2.75 bits per heavy atom. The van der Waals surface area contributed by atoms with E-state index in [-0.39, 0.29) is 29.6 Å². The Kier molecular flexibility index (Phi) is 5.44. The molecule has 128 valence electrons. The number of nitrogens with zero attached hydrogens (tertiary/aromatic N) is 3. The molecule has 2 aliphatic rings. The molecule has 0 amide bonds. The van der Waals surface area contributed by atoms with E-state index < -0.39 is 0 Å². The summed E-state index contributed by atoms with van der Waals surface area (Å²) >= 11 is 1.63. The van der Waals surface area contributed by atoms with E-state index in [1.54, 1.807) is 11.8 Å². The van der Waals surface area contributed by atoms with Gasteiger partial charge in [-0.05, 0) is 5.56 Å². The number of ether oxygens (including phenoxy) is 2. The molecule has 0 saturated carbocycles. The van der Waals surface area contributed by atoms with Crippen LogP contribution in [0.1, 0.15) is 12.5 Å². The molecule has 3 rings (SSSR count). The Morgan fingerprint density at radius 2 is 2.08 bits per heavy atom. The van der Waals surface area contributed by atoms with Crippen molar-refractivity contribution in [1.82, 2.24) is 4.90 Å². The Bertz CT molecular complexity index is 629. The van der Waals surface area contributed by atoms with E-state index in [0.717, 1.165) is 10.7 Å². The van der Waals surface area contributed by atoms with E-state index >= 15 is 0 Å². The monoisotopic (exact) mass is 345 g/mol. The standard InChI is InChI=1S/C18H23N3O2S/c1-12-14(10-19-2)23-17-15(20-18(24-17)21(3)4)16(12)22-11-13-8-6-5-7-9-13/h5-9,12,14-17H,10-11H2,1,3-4H3/t12-,14-,15-,16+,17-/m1/s1. The average molecular weight is 345 g/mol. The molecule has 1 aromatic rings. The molecule has 1 aromatic carbocycles. The Labute approximate surface area is 147 Å². The summed E-state index contributed by atoms with van der Waals surface area (Å²) in [5.74, 6) is 0.134. The van der Waals surface area contributed by atoms with Gasteiger partial charge in [0, 0.05) is 20.0 Å². The highest BCUT2D eigenvalue weighted by molar-refractivity contribution is 8.14. The van der Waals surface area contributed by atoms with Crippen molar-refractivity contribution >= 4 is 16.9 Å². The number of benzene rings is 1. The summed E-state index contributed by atoms with van der Waals surface area (Å²) in [6.45, 7) is 10.2. The quantitative estimate of drug-likeness (QED) is 0.787. The molecule has 0 aliphatic carbocycles. The highest BCUT2D eigenvalue weighted by atomic mass is 32.2. The van der Waals surface area contributed by atoms with Crippen molar-refractivity contribution in [1.29, 1.82) is 0 Å². The smallest absolute Gasteiger partial charge is 0.240 e. The van der Waals surface area contributed by atoms with Gasteiger partial charge >= 0.3 is 0 Å². The highest BCUT2D eigenvalue weighted by Crippen LogP contribution is 2.40. The molecule has 0 aromatic heterocycles. The normalized spacial score (nSPS) is 31.9. The minimum absolute atomic E-state index is 0.0203. The van der Waals surface area contributed by atoms with Crippen LogP contribution in [0.25, 0.3) is 4.85 Å². The van der Waals surface area contributed by atoms with E-state index in [1.807, 2.05) is 37.2 Å². The van der Waals surface area contributed by atoms with Crippen LogP contribution in [0.4, 0.5) is 0 Å². The lowest BCUT2D eigenvalue weighted by Crippen LogP contribution is -2.52. The molecule has 6 heteroatoms. The van der Waals surface area contributed by atoms with Crippen LogP contribution in [-0.2, 0) is 16.1 Å². The fourth-order valence-electron chi connectivity index (χ4n) is 3.09. The predicted octanol–water partition coefficient (Wildman–Crippen LogP) is 2.89. The summed E-state index contributed by atoms with van der Waals surface area (Å²) in [6.07, 6.45) is -0.144. The minimum atomic E-state index is -0.103. The third kappa shape index (κ3) is 3.59. The van der Waals surface area contributed by atoms with Crippen LogP contribution in [0.3, 0.4) is 0 Å². The number of hydrogen-bond acceptors (Lipinski definition) is 5. The van der Waals surface area contributed by atoms with Crippen LogP contribution >= 0.6 is 11.8 Å². The number of fused-ring (bicyclic) bond motifs is 1. The van der Waals surface area contributed by atoms with Crippen molar-refractivity contribution in [2.24, 2.45) is 10.9 Å². The van der Waals surface area contributed by atoms with Crippen molar-refractivity contribution in [2.75, 3.05) is 20.6 Å². The molecule has 0 radical (unpaired) electrons. The maximum absolute atomic E-state index is 7.19. The Hall–Kier alpha value is -1.55. The lowest BCUT2D eigenvalue weighted by atomic mass is 9.90. The highest BCUT2D eigenvalue weighted by Gasteiger charge is 2.49. The first kappa shape index (κ1) is 17.3. The summed E-state index contributed by atoms with van der Waals surface area (Å²) in [4.78, 5) is 10.4. The van der Waals surface area contributed by atoms with Crippen LogP contribution in [-0.4, -0.2) is 54.4 Å². The zero-order valence-electron chi connectivity index (χ0n) is 14.3. The van der Waals surface area contributed by atoms with Gasteiger partial charge in [-0.3, -0.25) is 4.99 Å². The molecule has 2 aliphatic heterocycles. The van der Waals surface area contributed by atoms with Gasteiger partial charge in [0.2, 0.25) is 6.54 Å². The van der Waals surface area contributed by atoms with Crippen LogP contribution in [0.5, 0.6) is 0 Å². The van der Waals surface area contributed by atoms with Gasteiger partial charge in [-0.2, -0.15) is 0 Å². The number of amidine groups is 1. The maximum Gasteiger partial charge on any atom is 0.240 e. The van der Waals surface area contributed by atoms with Crippen LogP contribution in [0, 0.1) is 12.5 Å². The van der Waals surface area contributed by atoms with E-state index in [2.05, 4.69) is 23.9 Å². The maximum atomic E-state index is 7.19. The molecular formula is C18H23N3O2S. The summed E-state index contributed by atoms with van der Waals surface area (Å²) < 4.78 is 12.4. The summed E-state index contributed by atoms with van der Waals surface area (Å²) in [6, 6.07) is 10.2.